The van der Waals surface area contributed by atoms with Crippen molar-refractivity contribution in [3.63, 3.8) is 0 Å². The second-order valence-corrected chi connectivity index (χ2v) is 7.54. The van der Waals surface area contributed by atoms with Crippen molar-refractivity contribution in [3.05, 3.63) is 52.2 Å². The van der Waals surface area contributed by atoms with Crippen molar-refractivity contribution < 1.29 is 19.1 Å². The van der Waals surface area contributed by atoms with Gasteiger partial charge in [0.05, 0.1) is 3.57 Å². The Kier molecular flexibility index (Phi) is 4.41. The third-order valence-corrected chi connectivity index (χ3v) is 6.64. The highest BCUT2D eigenvalue weighted by atomic mass is 127. The molecule has 0 amide bonds. The average molecular weight is 618 g/mol. The fourth-order valence-corrected chi connectivity index (χ4v) is 4.35. The first-order chi connectivity index (χ1) is 9.99. The van der Waals surface area contributed by atoms with Gasteiger partial charge in [0.2, 0.25) is 0 Å². The van der Waals surface area contributed by atoms with Crippen LogP contribution in [0.4, 0.5) is 0 Å². The van der Waals surface area contributed by atoms with Crippen LogP contribution in [0.15, 0.2) is 30.3 Å². The second kappa shape index (κ2) is 5.99. The van der Waals surface area contributed by atoms with Crippen molar-refractivity contribution in [3.8, 4) is 11.5 Å². The van der Waals surface area contributed by atoms with E-state index in [9.17, 15) is 9.59 Å². The second-order valence-electron chi connectivity index (χ2n) is 4.13. The first kappa shape index (κ1) is 15.5. The summed E-state index contributed by atoms with van der Waals surface area (Å²) in [4.78, 5) is 24.7. The van der Waals surface area contributed by atoms with E-state index in [-0.39, 0.29) is 22.6 Å². The number of fused-ring (bicyclic) bond motifs is 2. The van der Waals surface area contributed by atoms with Crippen LogP contribution in [0.1, 0.15) is 20.7 Å². The van der Waals surface area contributed by atoms with Crippen LogP contribution in [0.25, 0.3) is 0 Å². The molecule has 0 radical (unpaired) electrons. The van der Waals surface area contributed by atoms with Crippen LogP contribution in [0.2, 0.25) is 0 Å². The first-order valence-electron chi connectivity index (χ1n) is 5.70. The minimum atomic E-state index is -0.532. The molecule has 106 valence electrons. The highest BCUT2D eigenvalue weighted by molar-refractivity contribution is 14.1. The molecule has 0 saturated carbocycles. The van der Waals surface area contributed by atoms with Crippen molar-refractivity contribution in [2.75, 3.05) is 0 Å². The number of esters is 2. The molecule has 0 saturated heterocycles. The fourth-order valence-electron chi connectivity index (χ4n) is 1.88. The number of hydrogen-bond acceptors (Lipinski definition) is 4. The SMILES string of the molecule is O=C1Oc2c(I)c(I)cc(I)c2C(=O)Oc2ccccc21. The van der Waals surface area contributed by atoms with E-state index >= 15 is 0 Å². The number of benzene rings is 2. The summed E-state index contributed by atoms with van der Waals surface area (Å²) < 4.78 is 13.1. The molecule has 4 nitrogen and oxygen atoms in total. The predicted molar refractivity (Wildman–Crippen MR) is 101 cm³/mol. The molecule has 1 aliphatic rings. The third kappa shape index (κ3) is 2.79. The summed E-state index contributed by atoms with van der Waals surface area (Å²) in [6, 6.07) is 8.39. The van der Waals surface area contributed by atoms with E-state index < -0.39 is 11.9 Å². The van der Waals surface area contributed by atoms with Crippen LogP contribution in [0.3, 0.4) is 0 Å². The lowest BCUT2D eigenvalue weighted by atomic mass is 10.1. The monoisotopic (exact) mass is 618 g/mol. The minimum absolute atomic E-state index is 0.211. The van der Waals surface area contributed by atoms with Gasteiger partial charge in [0.25, 0.3) is 0 Å². The Morgan fingerprint density at radius 1 is 0.857 bits per heavy atom. The maximum Gasteiger partial charge on any atom is 0.348 e. The zero-order chi connectivity index (χ0) is 15.1. The topological polar surface area (TPSA) is 52.6 Å². The number of ether oxygens (including phenoxy) is 2. The molecule has 21 heavy (non-hydrogen) atoms. The largest absolute Gasteiger partial charge is 0.422 e. The molecule has 0 bridgehead atoms. The van der Waals surface area contributed by atoms with Crippen molar-refractivity contribution in [2.24, 2.45) is 0 Å². The van der Waals surface area contributed by atoms with Gasteiger partial charge in [-0.1, -0.05) is 12.1 Å². The zero-order valence-corrected chi connectivity index (χ0v) is 16.6. The van der Waals surface area contributed by atoms with Gasteiger partial charge in [-0.3, -0.25) is 0 Å². The smallest absolute Gasteiger partial charge is 0.348 e. The van der Waals surface area contributed by atoms with Gasteiger partial charge in [0.15, 0.2) is 5.75 Å². The molecule has 0 spiro atoms. The fraction of sp³-hybridized carbons (Fsp3) is 0. The summed E-state index contributed by atoms with van der Waals surface area (Å²) in [5.41, 5.74) is 0.518. The molecule has 0 unspecified atom stereocenters. The minimum Gasteiger partial charge on any atom is -0.422 e. The zero-order valence-electron chi connectivity index (χ0n) is 10.2. The van der Waals surface area contributed by atoms with Crippen LogP contribution in [-0.2, 0) is 0 Å². The molecule has 3 rings (SSSR count). The summed E-state index contributed by atoms with van der Waals surface area (Å²) in [7, 11) is 0. The van der Waals surface area contributed by atoms with Crippen LogP contribution in [-0.4, -0.2) is 11.9 Å². The van der Waals surface area contributed by atoms with Gasteiger partial charge in [-0.05, 0) is 86.0 Å². The standard InChI is InChI=1S/C14H5I3O4/c15-7-5-8(16)11(17)12-10(7)14(19)20-9-4-2-1-3-6(9)13(18)21-12/h1-5H. The first-order valence-corrected chi connectivity index (χ1v) is 8.93. The molecule has 0 aromatic heterocycles. The molecule has 0 fully saturated rings. The van der Waals surface area contributed by atoms with E-state index in [0.717, 1.165) is 3.57 Å². The van der Waals surface area contributed by atoms with Crippen molar-refractivity contribution >= 4 is 79.7 Å². The molecule has 7 heteroatoms. The quantitative estimate of drug-likeness (QED) is 0.192. The van der Waals surface area contributed by atoms with Crippen molar-refractivity contribution in [2.45, 2.75) is 0 Å². The van der Waals surface area contributed by atoms with Gasteiger partial charge in [0.1, 0.15) is 16.9 Å². The van der Waals surface area contributed by atoms with Crippen LogP contribution >= 0.6 is 67.8 Å². The summed E-state index contributed by atoms with van der Waals surface area (Å²) in [6.45, 7) is 0. The number of carbonyl (C=O) groups is 2. The highest BCUT2D eigenvalue weighted by Gasteiger charge is 2.30. The highest BCUT2D eigenvalue weighted by Crippen LogP contribution is 2.37. The number of rotatable bonds is 0. The van der Waals surface area contributed by atoms with E-state index in [2.05, 4.69) is 45.2 Å². The number of carbonyl (C=O) groups excluding carboxylic acids is 2. The normalized spacial score (nSPS) is 13.5. The summed E-state index contributed by atoms with van der Waals surface area (Å²) in [5.74, 6) is -0.586. The Balaban J connectivity index is 2.25. The molecule has 1 aliphatic heterocycles. The van der Waals surface area contributed by atoms with Gasteiger partial charge in [-0.15, -0.1) is 0 Å². The number of para-hydroxylation sites is 1. The van der Waals surface area contributed by atoms with Crippen LogP contribution in [0.5, 0.6) is 11.5 Å². The summed E-state index contributed by atoms with van der Waals surface area (Å²) >= 11 is 6.23. The van der Waals surface area contributed by atoms with E-state index in [1.54, 1.807) is 24.3 Å². The van der Waals surface area contributed by atoms with E-state index in [4.69, 9.17) is 9.47 Å². The molecule has 2 aromatic carbocycles. The Labute approximate surface area is 161 Å². The molecular formula is C14H5I3O4. The van der Waals surface area contributed by atoms with E-state index in [1.807, 2.05) is 28.7 Å². The Morgan fingerprint density at radius 3 is 2.33 bits per heavy atom. The number of hydrogen-bond donors (Lipinski definition) is 0. The Hall–Kier alpha value is -0.430. The molecular weight excluding hydrogens is 613 g/mol. The molecule has 0 aliphatic carbocycles. The van der Waals surface area contributed by atoms with Gasteiger partial charge in [-0.25, -0.2) is 9.59 Å². The molecule has 0 N–H and O–H groups in total. The van der Waals surface area contributed by atoms with Gasteiger partial charge in [-0.2, -0.15) is 0 Å². The summed E-state index contributed by atoms with van der Waals surface area (Å²) in [5, 5.41) is 0. The Bertz CT molecular complexity index is 786. The van der Waals surface area contributed by atoms with Crippen molar-refractivity contribution in [1.29, 1.82) is 0 Å². The lowest BCUT2D eigenvalue weighted by molar-refractivity contribution is 0.0666. The van der Waals surface area contributed by atoms with Gasteiger partial charge < -0.3 is 9.47 Å². The molecule has 1 heterocycles. The average Bonchev–Trinajstić information content (AvgIpc) is 2.43. The lowest BCUT2D eigenvalue weighted by Crippen LogP contribution is -2.22. The Morgan fingerprint density at radius 2 is 1.57 bits per heavy atom. The van der Waals surface area contributed by atoms with E-state index in [1.165, 1.54) is 0 Å². The molecule has 0 atom stereocenters. The predicted octanol–water partition coefficient (Wildman–Crippen LogP) is 4.25. The maximum atomic E-state index is 12.4. The van der Waals surface area contributed by atoms with Crippen LogP contribution < -0.4 is 9.47 Å². The maximum absolute atomic E-state index is 12.4. The van der Waals surface area contributed by atoms with Gasteiger partial charge >= 0.3 is 11.9 Å². The van der Waals surface area contributed by atoms with Gasteiger partial charge in [0, 0.05) is 7.14 Å². The molecule has 2 aromatic rings. The third-order valence-electron chi connectivity index (χ3n) is 2.84. The summed E-state index contributed by atoms with van der Waals surface area (Å²) in [6.07, 6.45) is 0. The number of halogens is 3. The lowest BCUT2D eigenvalue weighted by Gasteiger charge is -2.18. The van der Waals surface area contributed by atoms with E-state index in [0.29, 0.717) is 7.14 Å². The van der Waals surface area contributed by atoms with Crippen molar-refractivity contribution in [1.82, 2.24) is 0 Å². The van der Waals surface area contributed by atoms with Crippen LogP contribution in [0, 0.1) is 10.7 Å².